The van der Waals surface area contributed by atoms with Crippen molar-refractivity contribution in [2.24, 2.45) is 11.8 Å². The van der Waals surface area contributed by atoms with Crippen LogP contribution in [0.3, 0.4) is 0 Å². The molecule has 0 aliphatic heterocycles. The molecule has 53 heavy (non-hydrogen) atoms. The van der Waals surface area contributed by atoms with Gasteiger partial charge >= 0.3 is 0 Å². The highest BCUT2D eigenvalue weighted by molar-refractivity contribution is 6.02. The molecule has 2 unspecified atom stereocenters. The Hall–Kier alpha value is -6.38. The lowest BCUT2D eigenvalue weighted by Gasteiger charge is -2.34. The molecule has 0 fully saturated rings. The zero-order valence-electron chi connectivity index (χ0n) is 29.9. The zero-order chi connectivity index (χ0) is 35.3. The maximum Gasteiger partial charge on any atom is 0.0543 e. The lowest BCUT2D eigenvalue weighted by atomic mass is 9.79. The van der Waals surface area contributed by atoms with Crippen molar-refractivity contribution in [3.63, 3.8) is 0 Å². The van der Waals surface area contributed by atoms with E-state index in [0.717, 1.165) is 12.8 Å². The summed E-state index contributed by atoms with van der Waals surface area (Å²) >= 11 is 0. The van der Waals surface area contributed by atoms with Gasteiger partial charge in [0.2, 0.25) is 0 Å². The second-order valence-corrected chi connectivity index (χ2v) is 14.6. The number of hydrogen-bond donors (Lipinski definition) is 0. The van der Waals surface area contributed by atoms with Gasteiger partial charge in [-0.05, 0) is 124 Å². The molecule has 0 N–H and O–H groups in total. The average molecular weight is 681 g/mol. The molecule has 0 radical (unpaired) electrons. The fourth-order valence-electron chi connectivity index (χ4n) is 8.77. The molecule has 2 atom stereocenters. The summed E-state index contributed by atoms with van der Waals surface area (Å²) in [6, 6.07) is 55.4. The summed E-state index contributed by atoms with van der Waals surface area (Å²) in [5, 5.41) is 1.36. The number of rotatable bonds is 6. The van der Waals surface area contributed by atoms with E-state index < -0.39 is 0 Å². The molecule has 0 saturated carbocycles. The van der Waals surface area contributed by atoms with E-state index >= 15 is 0 Å². The molecule has 1 heterocycles. The van der Waals surface area contributed by atoms with Gasteiger partial charge in [0.15, 0.2) is 0 Å². The Morgan fingerprint density at radius 1 is 0.566 bits per heavy atom. The lowest BCUT2D eigenvalue weighted by Crippen LogP contribution is -2.21. The van der Waals surface area contributed by atoms with Gasteiger partial charge in [0.1, 0.15) is 0 Å². The first-order chi connectivity index (χ1) is 26.2. The first-order valence-electron chi connectivity index (χ1n) is 18.8. The molecule has 7 aromatic rings. The third-order valence-corrected chi connectivity index (χ3v) is 11.2. The van der Waals surface area contributed by atoms with Crippen LogP contribution in [0, 0.1) is 11.8 Å². The molecule has 2 heteroatoms. The zero-order valence-corrected chi connectivity index (χ0v) is 29.9. The van der Waals surface area contributed by atoms with E-state index in [1.807, 2.05) is 0 Å². The summed E-state index contributed by atoms with van der Waals surface area (Å²) in [5.74, 6) is 0.845. The Labute approximate surface area is 312 Å². The molecule has 2 nitrogen and oxygen atoms in total. The molecular formula is C51H40N2. The molecular weight excluding hydrogens is 641 g/mol. The van der Waals surface area contributed by atoms with Crippen LogP contribution in [0.5, 0.6) is 0 Å². The lowest BCUT2D eigenvalue weighted by molar-refractivity contribution is 0.718. The van der Waals surface area contributed by atoms with Crippen LogP contribution >= 0.6 is 0 Å². The minimum absolute atomic E-state index is 0.347. The summed E-state index contributed by atoms with van der Waals surface area (Å²) in [6.45, 7) is 2.32. The summed E-state index contributed by atoms with van der Waals surface area (Å²) < 4.78 is 2.45. The van der Waals surface area contributed by atoms with Crippen LogP contribution in [-0.4, -0.2) is 4.57 Å². The number of para-hydroxylation sites is 2. The third-order valence-electron chi connectivity index (χ3n) is 11.2. The largest absolute Gasteiger partial charge is 0.314 e. The van der Waals surface area contributed by atoms with Crippen LogP contribution in [0.4, 0.5) is 11.4 Å². The highest BCUT2D eigenvalue weighted by Crippen LogP contribution is 2.44. The van der Waals surface area contributed by atoms with Gasteiger partial charge in [0, 0.05) is 39.8 Å². The number of aromatic nitrogens is 1. The Morgan fingerprint density at radius 3 is 2.13 bits per heavy atom. The number of benzene rings is 6. The van der Waals surface area contributed by atoms with E-state index in [9.17, 15) is 0 Å². The molecule has 0 amide bonds. The van der Waals surface area contributed by atoms with Gasteiger partial charge in [0.05, 0.1) is 5.52 Å². The summed E-state index contributed by atoms with van der Waals surface area (Å²) in [5.41, 5.74) is 17.8. The molecule has 0 bridgehead atoms. The van der Waals surface area contributed by atoms with E-state index in [4.69, 9.17) is 0 Å². The van der Waals surface area contributed by atoms with Crippen molar-refractivity contribution in [2.75, 3.05) is 4.90 Å². The van der Waals surface area contributed by atoms with E-state index in [-0.39, 0.29) is 0 Å². The Bertz CT molecular complexity index is 2630. The molecule has 10 rings (SSSR count). The number of fused-ring (bicyclic) bond motifs is 6. The molecule has 0 spiro atoms. The normalized spacial score (nSPS) is 17.1. The Kier molecular flexibility index (Phi) is 7.69. The summed E-state index contributed by atoms with van der Waals surface area (Å²) in [7, 11) is 0. The van der Waals surface area contributed by atoms with Crippen LogP contribution < -0.4 is 4.90 Å². The number of allylic oxidation sites excluding steroid dienone is 6. The van der Waals surface area contributed by atoms with Crippen LogP contribution in [0.2, 0.25) is 0 Å². The van der Waals surface area contributed by atoms with Crippen molar-refractivity contribution in [1.29, 1.82) is 0 Å². The minimum Gasteiger partial charge on any atom is -0.314 e. The second kappa shape index (κ2) is 13.0. The molecule has 3 aliphatic carbocycles. The monoisotopic (exact) mass is 680 g/mol. The maximum absolute atomic E-state index is 2.45. The summed E-state index contributed by atoms with van der Waals surface area (Å²) in [6.07, 6.45) is 16.0. The average Bonchev–Trinajstić information content (AvgIpc) is 3.55. The molecule has 6 aromatic carbocycles. The topological polar surface area (TPSA) is 8.17 Å². The van der Waals surface area contributed by atoms with Crippen molar-refractivity contribution in [2.45, 2.75) is 19.8 Å². The molecule has 3 aliphatic rings. The highest BCUT2D eigenvalue weighted by atomic mass is 15.1. The smallest absolute Gasteiger partial charge is 0.0543 e. The standard InChI is InChI=1S/C51H40N2/c1-35-25-30-49-48(31-35)51-47(23-12-24-50(51)53(49)42-19-6-3-7-20-42)39-16-10-14-37(32-39)38-15-11-21-43(33-38)52(41-17-4-2-5-18-41)44-28-29-46-40(34-44)27-26-36-13-8-9-22-45(36)46/h2-30,32-33,35,40H,31,34H2,1H3. The van der Waals surface area contributed by atoms with Crippen molar-refractivity contribution in [3.05, 3.63) is 204 Å². The van der Waals surface area contributed by atoms with Crippen LogP contribution in [0.15, 0.2) is 182 Å². The van der Waals surface area contributed by atoms with Gasteiger partial charge in [-0.2, -0.15) is 0 Å². The molecule has 254 valence electrons. The first-order valence-corrected chi connectivity index (χ1v) is 18.8. The van der Waals surface area contributed by atoms with E-state index in [2.05, 4.69) is 205 Å². The number of anilines is 2. The Balaban J connectivity index is 1.06. The second-order valence-electron chi connectivity index (χ2n) is 14.6. The fourth-order valence-corrected chi connectivity index (χ4v) is 8.77. The molecule has 0 saturated heterocycles. The minimum atomic E-state index is 0.347. The quantitative estimate of drug-likeness (QED) is 0.170. The van der Waals surface area contributed by atoms with Gasteiger partial charge < -0.3 is 9.47 Å². The number of hydrogen-bond acceptors (Lipinski definition) is 1. The van der Waals surface area contributed by atoms with Gasteiger partial charge in [-0.3, -0.25) is 0 Å². The van der Waals surface area contributed by atoms with Gasteiger partial charge in [-0.15, -0.1) is 0 Å². The third kappa shape index (κ3) is 5.50. The predicted molar refractivity (Wildman–Crippen MR) is 224 cm³/mol. The van der Waals surface area contributed by atoms with Crippen molar-refractivity contribution in [1.82, 2.24) is 4.57 Å². The first kappa shape index (κ1) is 31.4. The SMILES string of the molecule is CC1C=Cc2c(c3c(-c4cccc(-c5cccc(N(C6=CC=C7c8ccccc8C=CC7C6)c6ccccc6)c5)c4)cccc3n2-c2ccccc2)C1. The highest BCUT2D eigenvalue weighted by Gasteiger charge is 2.27. The molecule has 1 aromatic heterocycles. The van der Waals surface area contributed by atoms with Crippen LogP contribution in [-0.2, 0) is 6.42 Å². The van der Waals surface area contributed by atoms with E-state index in [1.165, 1.54) is 83.9 Å². The number of nitrogens with zero attached hydrogens (tertiary/aromatic N) is 2. The van der Waals surface area contributed by atoms with Crippen LogP contribution in [0.25, 0.3) is 56.6 Å². The fraction of sp³-hybridized carbons (Fsp3) is 0.0980. The van der Waals surface area contributed by atoms with Crippen molar-refractivity contribution in [3.8, 4) is 27.9 Å². The van der Waals surface area contributed by atoms with Crippen LogP contribution in [0.1, 0.15) is 35.7 Å². The van der Waals surface area contributed by atoms with E-state index in [1.54, 1.807) is 0 Å². The van der Waals surface area contributed by atoms with Gasteiger partial charge in [0.25, 0.3) is 0 Å². The Morgan fingerprint density at radius 2 is 1.26 bits per heavy atom. The van der Waals surface area contributed by atoms with Gasteiger partial charge in [-0.1, -0.05) is 134 Å². The van der Waals surface area contributed by atoms with Crippen molar-refractivity contribution < 1.29 is 0 Å². The predicted octanol–water partition coefficient (Wildman–Crippen LogP) is 13.3. The summed E-state index contributed by atoms with van der Waals surface area (Å²) in [4.78, 5) is 2.45. The van der Waals surface area contributed by atoms with E-state index in [0.29, 0.717) is 11.8 Å². The van der Waals surface area contributed by atoms with Crippen molar-refractivity contribution >= 4 is 40.0 Å². The van der Waals surface area contributed by atoms with Gasteiger partial charge in [-0.25, -0.2) is 0 Å². The maximum atomic E-state index is 2.45.